The lowest BCUT2D eigenvalue weighted by atomic mass is 10.1. The van der Waals surface area contributed by atoms with Crippen molar-refractivity contribution in [3.63, 3.8) is 0 Å². The molecule has 1 aliphatic rings. The average molecular weight is 405 g/mol. The fraction of sp³-hybridized carbons (Fsp3) is 0.172. The highest BCUT2D eigenvalue weighted by molar-refractivity contribution is 7.02. The molecule has 0 heterocycles. The largest absolute Gasteiger partial charge is 0.116 e. The van der Waals surface area contributed by atoms with E-state index in [-0.39, 0.29) is 0 Å². The Morgan fingerprint density at radius 3 is 2.33 bits per heavy atom. The van der Waals surface area contributed by atoms with Crippen molar-refractivity contribution in [1.29, 1.82) is 0 Å². The molecule has 0 spiro atoms. The summed E-state index contributed by atoms with van der Waals surface area (Å²) >= 11 is 0. The van der Waals surface area contributed by atoms with Gasteiger partial charge >= 0.3 is 0 Å². The Morgan fingerprint density at radius 2 is 1.47 bits per heavy atom. The van der Waals surface area contributed by atoms with E-state index in [0.29, 0.717) is 0 Å². The molecule has 0 unspecified atom stereocenters. The van der Waals surface area contributed by atoms with Gasteiger partial charge in [-0.05, 0) is 46.0 Å². The van der Waals surface area contributed by atoms with Gasteiger partial charge in [-0.25, -0.2) is 0 Å². The van der Waals surface area contributed by atoms with Crippen LogP contribution in [0.3, 0.4) is 0 Å². The van der Waals surface area contributed by atoms with Crippen LogP contribution in [-0.2, 0) is 6.42 Å². The Kier molecular flexibility index (Phi) is 5.14. The molecule has 0 saturated heterocycles. The van der Waals surface area contributed by atoms with Crippen LogP contribution >= 0.6 is 0 Å². The van der Waals surface area contributed by atoms with Crippen molar-refractivity contribution in [2.24, 2.45) is 0 Å². The summed E-state index contributed by atoms with van der Waals surface area (Å²) in [6.07, 6.45) is 6.01. The summed E-state index contributed by atoms with van der Waals surface area (Å²) in [5, 5.41) is 5.92. The zero-order valence-electron chi connectivity index (χ0n) is 17.6. The smallest absolute Gasteiger partial charge is 0.0652 e. The second kappa shape index (κ2) is 8.08. The molecule has 30 heavy (non-hydrogen) atoms. The van der Waals surface area contributed by atoms with Crippen molar-refractivity contribution in [3.05, 3.63) is 114 Å². The maximum Gasteiger partial charge on any atom is 0.116 e. The lowest BCUT2D eigenvalue weighted by molar-refractivity contribution is 0.875. The zero-order valence-corrected chi connectivity index (χ0v) is 18.6. The van der Waals surface area contributed by atoms with Crippen LogP contribution in [0.1, 0.15) is 24.0 Å². The molecule has 0 bridgehead atoms. The van der Waals surface area contributed by atoms with E-state index in [0.717, 1.165) is 6.42 Å². The molecule has 1 aliphatic carbocycles. The molecule has 0 saturated carbocycles. The average Bonchev–Trinajstić information content (AvgIpc) is 3.22. The first-order valence-corrected chi connectivity index (χ1v) is 13.8. The lowest BCUT2D eigenvalue weighted by Gasteiger charge is -2.30. The molecule has 5 rings (SSSR count). The number of hydrogen-bond acceptors (Lipinski definition) is 0. The molecule has 0 N–H and O–H groups in total. The van der Waals surface area contributed by atoms with E-state index in [9.17, 15) is 0 Å². The predicted octanol–water partition coefficient (Wildman–Crippen LogP) is 6.45. The molecule has 0 fully saturated rings. The summed E-state index contributed by atoms with van der Waals surface area (Å²) < 4.78 is 0. The van der Waals surface area contributed by atoms with E-state index in [1.165, 1.54) is 40.8 Å². The van der Waals surface area contributed by atoms with E-state index in [4.69, 9.17) is 0 Å². The monoisotopic (exact) mass is 404 g/mol. The summed E-state index contributed by atoms with van der Waals surface area (Å²) in [6, 6.07) is 37.2. The topological polar surface area (TPSA) is 0 Å². The first-order valence-electron chi connectivity index (χ1n) is 11.1. The normalized spacial score (nSPS) is 14.9. The van der Waals surface area contributed by atoms with E-state index < -0.39 is 8.07 Å². The SMILES string of the molecule is C[Si@@](CCCC1=Cc2ccccc2C1)(c1ccccc1)c1cccc2ccccc12. The minimum absolute atomic E-state index is 1.13. The Labute approximate surface area is 180 Å². The van der Waals surface area contributed by atoms with Crippen molar-refractivity contribution >= 4 is 35.3 Å². The van der Waals surface area contributed by atoms with Gasteiger partial charge in [0.05, 0.1) is 0 Å². The summed E-state index contributed by atoms with van der Waals surface area (Å²) in [7, 11) is -1.85. The van der Waals surface area contributed by atoms with Gasteiger partial charge in [0.2, 0.25) is 0 Å². The van der Waals surface area contributed by atoms with Crippen molar-refractivity contribution in [2.75, 3.05) is 0 Å². The molecule has 4 aromatic rings. The second-order valence-electron chi connectivity index (χ2n) is 8.76. The van der Waals surface area contributed by atoms with E-state index in [2.05, 4.69) is 110 Å². The molecule has 0 aromatic heterocycles. The quantitative estimate of drug-likeness (QED) is 0.324. The maximum absolute atomic E-state index is 2.57. The Hall–Kier alpha value is -2.90. The van der Waals surface area contributed by atoms with Gasteiger partial charge in [0.15, 0.2) is 0 Å². The highest BCUT2D eigenvalue weighted by Gasteiger charge is 2.32. The first-order chi connectivity index (χ1) is 14.7. The first kappa shape index (κ1) is 19.1. The number of hydrogen-bond donors (Lipinski definition) is 0. The summed E-state index contributed by atoms with van der Waals surface area (Å²) in [4.78, 5) is 0. The van der Waals surface area contributed by atoms with Crippen LogP contribution in [0.15, 0.2) is 103 Å². The number of rotatable bonds is 6. The van der Waals surface area contributed by atoms with Gasteiger partial charge in [-0.3, -0.25) is 0 Å². The molecule has 0 nitrogen and oxygen atoms in total. The summed E-state index contributed by atoms with van der Waals surface area (Å²) in [5.41, 5.74) is 4.51. The van der Waals surface area contributed by atoms with Gasteiger partial charge in [0.25, 0.3) is 0 Å². The van der Waals surface area contributed by atoms with Gasteiger partial charge in [-0.15, -0.1) is 0 Å². The Balaban J connectivity index is 1.45. The van der Waals surface area contributed by atoms with Crippen molar-refractivity contribution in [3.8, 4) is 0 Å². The van der Waals surface area contributed by atoms with E-state index in [1.807, 2.05) is 0 Å². The summed E-state index contributed by atoms with van der Waals surface area (Å²) in [5.74, 6) is 0. The molecule has 0 radical (unpaired) electrons. The molecule has 0 amide bonds. The van der Waals surface area contributed by atoms with E-state index >= 15 is 0 Å². The van der Waals surface area contributed by atoms with Gasteiger partial charge in [-0.1, -0.05) is 127 Å². The van der Waals surface area contributed by atoms with E-state index in [1.54, 1.807) is 15.9 Å². The summed E-state index contributed by atoms with van der Waals surface area (Å²) in [6.45, 7) is 2.57. The van der Waals surface area contributed by atoms with Crippen LogP contribution in [-0.4, -0.2) is 8.07 Å². The van der Waals surface area contributed by atoms with Gasteiger partial charge in [0.1, 0.15) is 8.07 Å². The van der Waals surface area contributed by atoms with Crippen molar-refractivity contribution < 1.29 is 0 Å². The molecule has 1 atom stereocenters. The third-order valence-electron chi connectivity index (χ3n) is 6.80. The van der Waals surface area contributed by atoms with Crippen LogP contribution in [0.25, 0.3) is 16.8 Å². The minimum Gasteiger partial charge on any atom is -0.0652 e. The molecular weight excluding hydrogens is 376 g/mol. The Bertz CT molecular complexity index is 1200. The third-order valence-corrected chi connectivity index (χ3v) is 11.4. The van der Waals surface area contributed by atoms with Crippen LogP contribution in [0.4, 0.5) is 0 Å². The predicted molar refractivity (Wildman–Crippen MR) is 133 cm³/mol. The third kappa shape index (κ3) is 3.55. The number of benzene rings is 4. The van der Waals surface area contributed by atoms with Crippen molar-refractivity contribution in [1.82, 2.24) is 0 Å². The van der Waals surface area contributed by atoms with Crippen LogP contribution in [0.5, 0.6) is 0 Å². The number of allylic oxidation sites excluding steroid dienone is 1. The maximum atomic E-state index is 2.57. The van der Waals surface area contributed by atoms with Gasteiger partial charge < -0.3 is 0 Å². The fourth-order valence-corrected chi connectivity index (χ4v) is 9.10. The molecule has 0 aliphatic heterocycles. The van der Waals surface area contributed by atoms with Crippen LogP contribution in [0.2, 0.25) is 12.6 Å². The second-order valence-corrected chi connectivity index (χ2v) is 13.0. The highest BCUT2D eigenvalue weighted by Crippen LogP contribution is 2.29. The highest BCUT2D eigenvalue weighted by atomic mass is 28.3. The van der Waals surface area contributed by atoms with Crippen LogP contribution < -0.4 is 10.4 Å². The zero-order chi connectivity index (χ0) is 20.4. The fourth-order valence-electron chi connectivity index (χ4n) is 5.13. The van der Waals surface area contributed by atoms with Gasteiger partial charge in [-0.2, -0.15) is 0 Å². The van der Waals surface area contributed by atoms with Crippen LogP contribution in [0, 0.1) is 0 Å². The molecule has 1 heteroatoms. The molecular formula is C29H28Si. The standard InChI is InChI=1S/C29H28Si/c1-30(27-16-3-2-4-17-27,29-19-9-15-24-12-7-8-18-28(24)29)20-10-11-23-21-25-13-5-6-14-26(25)22-23/h2-9,12-19,21H,10-11,20,22H2,1H3/t30-/m1/s1. The number of fused-ring (bicyclic) bond motifs is 2. The molecule has 4 aromatic carbocycles. The van der Waals surface area contributed by atoms with Crippen molar-refractivity contribution in [2.45, 2.75) is 31.9 Å². The minimum atomic E-state index is -1.85. The van der Waals surface area contributed by atoms with Gasteiger partial charge in [0, 0.05) is 0 Å². The molecule has 148 valence electrons. The lowest BCUT2D eigenvalue weighted by Crippen LogP contribution is -2.55. The Morgan fingerprint density at radius 1 is 0.733 bits per heavy atom.